The minimum Gasteiger partial charge on any atom is -0.362 e. The number of benzene rings is 1. The van der Waals surface area contributed by atoms with E-state index >= 15 is 0 Å². The van der Waals surface area contributed by atoms with Crippen LogP contribution in [0.25, 0.3) is 10.8 Å². The van der Waals surface area contributed by atoms with Crippen molar-refractivity contribution in [3.8, 4) is 0 Å². The number of aromatic nitrogens is 1. The normalized spacial score (nSPS) is 11.2. The summed E-state index contributed by atoms with van der Waals surface area (Å²) in [7, 11) is 4.09. The summed E-state index contributed by atoms with van der Waals surface area (Å²) in [6.45, 7) is 6.56. The van der Waals surface area contributed by atoms with Gasteiger partial charge < -0.3 is 4.90 Å². The molecular formula is C15H20N2. The molecule has 0 atom stereocenters. The molecule has 0 bridgehead atoms. The van der Waals surface area contributed by atoms with Crippen LogP contribution in [-0.2, 0) is 0 Å². The number of hydrogen-bond acceptors (Lipinski definition) is 2. The van der Waals surface area contributed by atoms with E-state index in [1.54, 1.807) is 0 Å². The molecule has 0 aliphatic heterocycles. The maximum atomic E-state index is 4.75. The lowest BCUT2D eigenvalue weighted by Gasteiger charge is -2.20. The maximum Gasteiger partial charge on any atom is 0.136 e. The molecule has 0 saturated carbocycles. The number of fused-ring (bicyclic) bond motifs is 1. The van der Waals surface area contributed by atoms with Gasteiger partial charge in [0.15, 0.2) is 0 Å². The molecule has 90 valence electrons. The van der Waals surface area contributed by atoms with E-state index in [2.05, 4.69) is 49.9 Å². The lowest BCUT2D eigenvalue weighted by atomic mass is 9.95. The summed E-state index contributed by atoms with van der Waals surface area (Å²) in [5, 5.41) is 2.57. The quantitative estimate of drug-likeness (QED) is 0.778. The zero-order chi connectivity index (χ0) is 12.6. The highest BCUT2D eigenvalue weighted by molar-refractivity contribution is 5.95. The molecule has 0 unspecified atom stereocenters. The number of hydrogen-bond donors (Lipinski definition) is 0. The largest absolute Gasteiger partial charge is 0.362 e. The molecule has 0 aliphatic rings. The monoisotopic (exact) mass is 228 g/mol. The molecule has 2 nitrogen and oxygen atoms in total. The molecule has 1 aromatic heterocycles. The molecule has 0 fully saturated rings. The second kappa shape index (κ2) is 4.36. The van der Waals surface area contributed by atoms with Gasteiger partial charge in [-0.25, -0.2) is 4.98 Å². The van der Waals surface area contributed by atoms with Gasteiger partial charge >= 0.3 is 0 Å². The third kappa shape index (κ3) is 1.99. The van der Waals surface area contributed by atoms with Gasteiger partial charge in [-0.2, -0.15) is 0 Å². The van der Waals surface area contributed by atoms with E-state index in [0.717, 1.165) is 11.5 Å². The molecule has 0 saturated heterocycles. The van der Waals surface area contributed by atoms with Crippen molar-refractivity contribution in [1.29, 1.82) is 0 Å². The average Bonchev–Trinajstić information content (AvgIpc) is 2.27. The summed E-state index contributed by atoms with van der Waals surface area (Å²) in [6, 6.07) is 8.54. The second-order valence-electron chi connectivity index (χ2n) is 5.03. The first-order valence-electron chi connectivity index (χ1n) is 6.09. The van der Waals surface area contributed by atoms with Crippen LogP contribution in [0.4, 0.5) is 5.82 Å². The van der Waals surface area contributed by atoms with Crippen LogP contribution in [0, 0.1) is 6.92 Å². The van der Waals surface area contributed by atoms with Crippen LogP contribution in [0.5, 0.6) is 0 Å². The van der Waals surface area contributed by atoms with Gasteiger partial charge in [-0.05, 0) is 23.8 Å². The second-order valence-corrected chi connectivity index (χ2v) is 5.03. The van der Waals surface area contributed by atoms with Crippen LogP contribution in [-0.4, -0.2) is 19.1 Å². The van der Waals surface area contributed by atoms with E-state index in [4.69, 9.17) is 4.98 Å². The number of rotatable bonds is 2. The van der Waals surface area contributed by atoms with Crippen LogP contribution in [0.2, 0.25) is 0 Å². The smallest absolute Gasteiger partial charge is 0.136 e. The topological polar surface area (TPSA) is 16.1 Å². The third-order valence-electron chi connectivity index (χ3n) is 3.12. The Hall–Kier alpha value is -1.57. The van der Waals surface area contributed by atoms with Gasteiger partial charge in [-0.15, -0.1) is 0 Å². The highest BCUT2D eigenvalue weighted by atomic mass is 15.1. The molecule has 0 radical (unpaired) electrons. The number of anilines is 1. The standard InChI is InChI=1S/C15H20N2/c1-10(2)14-11(3)16-15(17(4)5)13-9-7-6-8-12(13)14/h6-10H,1-5H3. The molecule has 0 aliphatic carbocycles. The fourth-order valence-corrected chi connectivity index (χ4v) is 2.46. The lowest BCUT2D eigenvalue weighted by Crippen LogP contribution is -2.13. The van der Waals surface area contributed by atoms with Gasteiger partial charge in [0.1, 0.15) is 5.82 Å². The summed E-state index contributed by atoms with van der Waals surface area (Å²) in [6.07, 6.45) is 0. The van der Waals surface area contributed by atoms with Gasteiger partial charge in [-0.3, -0.25) is 0 Å². The fraction of sp³-hybridized carbons (Fsp3) is 0.400. The summed E-state index contributed by atoms with van der Waals surface area (Å²) in [5.74, 6) is 1.56. The fourth-order valence-electron chi connectivity index (χ4n) is 2.46. The zero-order valence-corrected chi connectivity index (χ0v) is 11.3. The van der Waals surface area contributed by atoms with Crippen molar-refractivity contribution < 1.29 is 0 Å². The highest BCUT2D eigenvalue weighted by Crippen LogP contribution is 2.32. The Balaban J connectivity index is 2.87. The van der Waals surface area contributed by atoms with E-state index < -0.39 is 0 Å². The Labute approximate surface area is 103 Å². The van der Waals surface area contributed by atoms with Gasteiger partial charge in [0.2, 0.25) is 0 Å². The van der Waals surface area contributed by atoms with Crippen molar-refractivity contribution >= 4 is 16.6 Å². The van der Waals surface area contributed by atoms with Crippen molar-refractivity contribution in [2.24, 2.45) is 0 Å². The molecule has 1 aromatic carbocycles. The summed E-state index contributed by atoms with van der Waals surface area (Å²) < 4.78 is 0. The molecular weight excluding hydrogens is 208 g/mol. The maximum absolute atomic E-state index is 4.75. The molecule has 0 amide bonds. The molecule has 17 heavy (non-hydrogen) atoms. The Kier molecular flexibility index (Phi) is 3.05. The Morgan fingerprint density at radius 1 is 1.06 bits per heavy atom. The molecule has 2 rings (SSSR count). The Morgan fingerprint density at radius 2 is 1.65 bits per heavy atom. The lowest BCUT2D eigenvalue weighted by molar-refractivity contribution is 0.852. The molecule has 1 heterocycles. The molecule has 0 N–H and O–H groups in total. The van der Waals surface area contributed by atoms with E-state index in [0.29, 0.717) is 5.92 Å². The van der Waals surface area contributed by atoms with E-state index in [9.17, 15) is 0 Å². The summed E-state index contributed by atoms with van der Waals surface area (Å²) in [4.78, 5) is 6.83. The van der Waals surface area contributed by atoms with Gasteiger partial charge in [-0.1, -0.05) is 38.1 Å². The van der Waals surface area contributed by atoms with Crippen LogP contribution in [0.3, 0.4) is 0 Å². The minimum atomic E-state index is 0.503. The number of nitrogens with zero attached hydrogens (tertiary/aromatic N) is 2. The summed E-state index contributed by atoms with van der Waals surface area (Å²) >= 11 is 0. The third-order valence-corrected chi connectivity index (χ3v) is 3.12. The van der Waals surface area contributed by atoms with Crippen LogP contribution in [0.1, 0.15) is 31.0 Å². The van der Waals surface area contributed by atoms with Crippen molar-refractivity contribution in [3.63, 3.8) is 0 Å². The zero-order valence-electron chi connectivity index (χ0n) is 11.3. The van der Waals surface area contributed by atoms with Gasteiger partial charge in [0.05, 0.1) is 0 Å². The first-order chi connectivity index (χ1) is 8.02. The molecule has 2 aromatic rings. The predicted octanol–water partition coefficient (Wildman–Crippen LogP) is 3.73. The van der Waals surface area contributed by atoms with E-state index in [1.165, 1.54) is 16.3 Å². The molecule has 2 heteroatoms. The van der Waals surface area contributed by atoms with Crippen LogP contribution >= 0.6 is 0 Å². The number of aryl methyl sites for hydroxylation is 1. The first-order valence-corrected chi connectivity index (χ1v) is 6.09. The Bertz CT molecular complexity index is 542. The van der Waals surface area contributed by atoms with Crippen molar-refractivity contribution in [2.45, 2.75) is 26.7 Å². The van der Waals surface area contributed by atoms with Crippen molar-refractivity contribution in [2.75, 3.05) is 19.0 Å². The van der Waals surface area contributed by atoms with Crippen LogP contribution < -0.4 is 4.90 Å². The van der Waals surface area contributed by atoms with Gasteiger partial charge in [0, 0.05) is 25.2 Å². The van der Waals surface area contributed by atoms with Gasteiger partial charge in [0.25, 0.3) is 0 Å². The first kappa shape index (κ1) is 11.9. The van der Waals surface area contributed by atoms with Crippen LogP contribution in [0.15, 0.2) is 24.3 Å². The van der Waals surface area contributed by atoms with E-state index in [1.807, 2.05) is 14.1 Å². The minimum absolute atomic E-state index is 0.503. The predicted molar refractivity (Wildman–Crippen MR) is 74.9 cm³/mol. The number of pyridine rings is 1. The van der Waals surface area contributed by atoms with E-state index in [-0.39, 0.29) is 0 Å². The highest BCUT2D eigenvalue weighted by Gasteiger charge is 2.14. The summed E-state index contributed by atoms with van der Waals surface area (Å²) in [5.41, 5.74) is 2.51. The Morgan fingerprint density at radius 3 is 2.18 bits per heavy atom. The van der Waals surface area contributed by atoms with Crippen molar-refractivity contribution in [3.05, 3.63) is 35.5 Å². The SMILES string of the molecule is Cc1nc(N(C)C)c2ccccc2c1C(C)C. The van der Waals surface area contributed by atoms with Crippen molar-refractivity contribution in [1.82, 2.24) is 4.98 Å². The molecule has 0 spiro atoms. The average molecular weight is 228 g/mol.